The molecule has 0 atom stereocenters. The highest BCUT2D eigenvalue weighted by atomic mass is 32.2. The van der Waals surface area contributed by atoms with Crippen molar-refractivity contribution in [3.8, 4) is 0 Å². The van der Waals surface area contributed by atoms with Crippen LogP contribution in [0.15, 0.2) is 48.5 Å². The van der Waals surface area contributed by atoms with Gasteiger partial charge >= 0.3 is 0 Å². The lowest BCUT2D eigenvalue weighted by molar-refractivity contribution is -0.385. The molecule has 2 aromatic rings. The van der Waals surface area contributed by atoms with Crippen molar-refractivity contribution in [2.24, 2.45) is 0 Å². The molecule has 2 N–H and O–H groups in total. The number of nitro benzene ring substituents is 2. The van der Waals surface area contributed by atoms with Gasteiger partial charge in [-0.25, -0.2) is 8.42 Å². The van der Waals surface area contributed by atoms with E-state index in [1.54, 1.807) is 0 Å². The van der Waals surface area contributed by atoms with E-state index in [-0.39, 0.29) is 21.4 Å². The van der Waals surface area contributed by atoms with Crippen LogP contribution in [0.2, 0.25) is 0 Å². The molecule has 0 heterocycles. The summed E-state index contributed by atoms with van der Waals surface area (Å²) in [5, 5.41) is 23.6. The van der Waals surface area contributed by atoms with Gasteiger partial charge in [-0.15, -0.1) is 4.83 Å². The molecule has 180 valence electrons. The minimum atomic E-state index is -4.18. The Hall–Kier alpha value is -3.60. The highest BCUT2D eigenvalue weighted by molar-refractivity contribution is 7.90. The molecule has 0 fully saturated rings. The lowest BCUT2D eigenvalue weighted by atomic mass is 10.2. The Morgan fingerprint density at radius 3 is 1.62 bits per heavy atom. The highest BCUT2D eigenvalue weighted by Gasteiger charge is 2.22. The summed E-state index contributed by atoms with van der Waals surface area (Å²) in [5.74, 6) is -1.87. The van der Waals surface area contributed by atoms with Crippen LogP contribution >= 0.6 is 24.4 Å². The molecule has 16 heteroatoms. The number of amides is 1. The number of hydrogen-bond acceptors (Lipinski definition) is 9. The first-order valence-corrected chi connectivity index (χ1v) is 11.6. The third kappa shape index (κ3) is 7.20. The zero-order valence-corrected chi connectivity index (χ0v) is 20.1. The van der Waals surface area contributed by atoms with Gasteiger partial charge in [0.1, 0.15) is 15.7 Å². The van der Waals surface area contributed by atoms with E-state index in [0.29, 0.717) is 11.1 Å². The Morgan fingerprint density at radius 1 is 0.853 bits per heavy atom. The van der Waals surface area contributed by atoms with Crippen LogP contribution in [0.4, 0.5) is 11.4 Å². The molecule has 0 aliphatic heterocycles. The van der Waals surface area contributed by atoms with Gasteiger partial charge in [0, 0.05) is 49.5 Å². The standard InChI is InChI=1S/C18H18N6O7S3/c1-21(17(32)12-3-7-14(8-4-12)23(26)27)19-16(25)11-34(30,31)20-22(2)18(33)13-5-9-15(10-6-13)24(28)29/h3-10,20H,11H2,1-2H3,(H,19,25). The summed E-state index contributed by atoms with van der Waals surface area (Å²) in [6, 6.07) is 10.5. The van der Waals surface area contributed by atoms with Crippen LogP contribution in [0, 0.1) is 20.2 Å². The molecule has 0 aromatic heterocycles. The lowest BCUT2D eigenvalue weighted by Crippen LogP contribution is -2.49. The van der Waals surface area contributed by atoms with E-state index in [2.05, 4.69) is 10.3 Å². The van der Waals surface area contributed by atoms with E-state index in [1.807, 2.05) is 0 Å². The number of nitrogens with zero attached hydrogens (tertiary/aromatic N) is 4. The van der Waals surface area contributed by atoms with Gasteiger partial charge in [0.05, 0.1) is 9.85 Å². The summed E-state index contributed by atoms with van der Waals surface area (Å²) < 4.78 is 24.8. The molecule has 0 saturated carbocycles. The molecule has 0 bridgehead atoms. The minimum Gasteiger partial charge on any atom is -0.287 e. The molecule has 1 amide bonds. The van der Waals surface area contributed by atoms with Crippen LogP contribution < -0.4 is 10.3 Å². The summed E-state index contributed by atoms with van der Waals surface area (Å²) in [5.41, 5.74) is 2.77. The first kappa shape index (κ1) is 26.7. The Kier molecular flexibility index (Phi) is 8.63. The number of carbonyl (C=O) groups excluding carboxylic acids is 1. The van der Waals surface area contributed by atoms with Gasteiger partial charge in [-0.05, 0) is 24.3 Å². The topological polar surface area (TPSA) is 168 Å². The average Bonchev–Trinajstić information content (AvgIpc) is 2.77. The number of benzene rings is 2. The predicted molar refractivity (Wildman–Crippen MR) is 130 cm³/mol. The Morgan fingerprint density at radius 2 is 1.24 bits per heavy atom. The minimum absolute atomic E-state index is 0.0235. The van der Waals surface area contributed by atoms with Gasteiger partial charge in [-0.1, -0.05) is 24.4 Å². The highest BCUT2D eigenvalue weighted by Crippen LogP contribution is 2.14. The molecule has 2 aromatic carbocycles. The number of nitro groups is 2. The molecular weight excluding hydrogens is 508 g/mol. The second kappa shape index (κ2) is 11.0. The van der Waals surface area contributed by atoms with E-state index in [0.717, 1.165) is 10.0 Å². The summed E-state index contributed by atoms with van der Waals surface area (Å²) in [6.45, 7) is 0. The normalized spacial score (nSPS) is 10.8. The van der Waals surface area contributed by atoms with Crippen molar-refractivity contribution in [2.75, 3.05) is 19.8 Å². The van der Waals surface area contributed by atoms with Gasteiger partial charge in [-0.3, -0.25) is 40.5 Å². The Balaban J connectivity index is 1.96. The fraction of sp³-hybridized carbons (Fsp3) is 0.167. The molecule has 13 nitrogen and oxygen atoms in total. The maximum atomic E-state index is 12.4. The Bertz CT molecular complexity index is 1230. The van der Waals surface area contributed by atoms with E-state index in [9.17, 15) is 33.4 Å². The number of hydrazine groups is 2. The number of thiocarbonyl (C=S) groups is 2. The van der Waals surface area contributed by atoms with Gasteiger partial charge in [0.2, 0.25) is 10.0 Å². The molecule has 34 heavy (non-hydrogen) atoms. The van der Waals surface area contributed by atoms with Crippen molar-refractivity contribution in [1.29, 1.82) is 0 Å². The SMILES string of the molecule is CN(NC(=O)CS(=O)(=O)NN(C)C(=S)c1ccc([N+](=O)[O-])cc1)C(=S)c1ccc([N+](=O)[O-])cc1. The van der Waals surface area contributed by atoms with Crippen LogP contribution in [-0.2, 0) is 14.8 Å². The molecule has 0 unspecified atom stereocenters. The molecule has 0 spiro atoms. The first-order chi connectivity index (χ1) is 15.8. The van der Waals surface area contributed by atoms with Crippen molar-refractivity contribution in [1.82, 2.24) is 20.3 Å². The monoisotopic (exact) mass is 526 g/mol. The number of sulfonamides is 1. The maximum absolute atomic E-state index is 12.4. The number of hydrogen-bond donors (Lipinski definition) is 2. The van der Waals surface area contributed by atoms with Gasteiger partial charge in [-0.2, -0.15) is 0 Å². The second-order valence-electron chi connectivity index (χ2n) is 6.72. The molecular formula is C18H18N6O7S3. The summed E-state index contributed by atoms with van der Waals surface area (Å²) in [4.78, 5) is 34.8. The predicted octanol–water partition coefficient (Wildman–Crippen LogP) is 1.28. The first-order valence-electron chi connectivity index (χ1n) is 9.15. The number of carbonyl (C=O) groups is 1. The molecule has 0 radical (unpaired) electrons. The van der Waals surface area contributed by atoms with Gasteiger partial charge in [0.25, 0.3) is 17.3 Å². The molecule has 0 aliphatic rings. The summed E-state index contributed by atoms with van der Waals surface area (Å²) >= 11 is 10.4. The van der Waals surface area contributed by atoms with E-state index < -0.39 is 31.5 Å². The number of nitrogens with one attached hydrogen (secondary N) is 2. The molecule has 0 aliphatic carbocycles. The van der Waals surface area contributed by atoms with Crippen LogP contribution in [0.5, 0.6) is 0 Å². The summed E-state index contributed by atoms with van der Waals surface area (Å²) in [7, 11) is -1.48. The zero-order chi connectivity index (χ0) is 25.6. The smallest absolute Gasteiger partial charge is 0.269 e. The lowest BCUT2D eigenvalue weighted by Gasteiger charge is -2.23. The van der Waals surface area contributed by atoms with Crippen LogP contribution in [-0.4, -0.2) is 64.0 Å². The quantitative estimate of drug-likeness (QED) is 0.289. The van der Waals surface area contributed by atoms with E-state index in [4.69, 9.17) is 24.4 Å². The number of rotatable bonds is 8. The van der Waals surface area contributed by atoms with Crippen LogP contribution in [0.3, 0.4) is 0 Å². The third-order valence-corrected chi connectivity index (χ3v) is 6.36. The molecule has 2 rings (SSSR count). The fourth-order valence-electron chi connectivity index (χ4n) is 2.56. The van der Waals surface area contributed by atoms with Gasteiger partial charge < -0.3 is 0 Å². The average molecular weight is 527 g/mol. The van der Waals surface area contributed by atoms with Crippen molar-refractivity contribution >= 4 is 61.7 Å². The number of non-ortho nitro benzene ring substituents is 2. The van der Waals surface area contributed by atoms with E-state index in [1.165, 1.54) is 62.6 Å². The maximum Gasteiger partial charge on any atom is 0.269 e. The van der Waals surface area contributed by atoms with E-state index >= 15 is 0 Å². The van der Waals surface area contributed by atoms with Crippen molar-refractivity contribution in [3.05, 3.63) is 79.9 Å². The third-order valence-electron chi connectivity index (χ3n) is 4.15. The Labute approximate surface area is 204 Å². The second-order valence-corrected chi connectivity index (χ2v) is 9.20. The van der Waals surface area contributed by atoms with Crippen molar-refractivity contribution < 1.29 is 23.1 Å². The van der Waals surface area contributed by atoms with Crippen molar-refractivity contribution in [3.63, 3.8) is 0 Å². The van der Waals surface area contributed by atoms with Crippen molar-refractivity contribution in [2.45, 2.75) is 0 Å². The zero-order valence-electron chi connectivity index (χ0n) is 17.7. The van der Waals surface area contributed by atoms with Gasteiger partial charge in [0.15, 0.2) is 0 Å². The fourth-order valence-corrected chi connectivity index (χ4v) is 3.97. The summed E-state index contributed by atoms with van der Waals surface area (Å²) in [6.07, 6.45) is 0. The van der Waals surface area contributed by atoms with Crippen LogP contribution in [0.25, 0.3) is 0 Å². The van der Waals surface area contributed by atoms with Crippen LogP contribution in [0.1, 0.15) is 11.1 Å². The molecule has 0 saturated heterocycles. The largest absolute Gasteiger partial charge is 0.287 e.